The maximum absolute atomic E-state index is 8.48. The molecule has 5 nitrogen and oxygen atoms in total. The number of ether oxygens (including phenoxy) is 1. The van der Waals surface area contributed by atoms with E-state index in [0.717, 1.165) is 22.4 Å². The predicted molar refractivity (Wildman–Crippen MR) is 77.5 cm³/mol. The van der Waals surface area contributed by atoms with Gasteiger partial charge in [0.05, 0.1) is 19.6 Å². The molecule has 5 heteroatoms. The Labute approximate surface area is 118 Å². The first-order chi connectivity index (χ1) is 9.74. The number of nitrogens with one attached hydrogen (secondary N) is 1. The fourth-order valence-corrected chi connectivity index (χ4v) is 1.84. The van der Waals surface area contributed by atoms with E-state index in [9.17, 15) is 0 Å². The molecule has 2 aromatic rings. The number of rotatable bonds is 5. The Kier molecular flexibility index (Phi) is 4.51. The molecule has 1 heterocycles. The highest BCUT2D eigenvalue weighted by Gasteiger charge is 2.07. The summed E-state index contributed by atoms with van der Waals surface area (Å²) < 4.78 is 5.36. The van der Waals surface area contributed by atoms with Gasteiger partial charge in [0.25, 0.3) is 0 Å². The van der Waals surface area contributed by atoms with E-state index in [4.69, 9.17) is 10.00 Å². The summed E-state index contributed by atoms with van der Waals surface area (Å²) in [5.41, 5.74) is 3.02. The van der Waals surface area contributed by atoms with Gasteiger partial charge in [0, 0.05) is 30.1 Å². The standard InChI is InChI=1S/C15H16N4O/c1-11-4-5-14(20-2)13(8-11)12-9-18-15(19-10-12)17-7-3-6-16/h4-5,8-10H,3,7H2,1-2H3,(H,17,18,19). The normalized spacial score (nSPS) is 9.85. The molecular weight excluding hydrogens is 252 g/mol. The summed E-state index contributed by atoms with van der Waals surface area (Å²) in [4.78, 5) is 8.49. The van der Waals surface area contributed by atoms with Crippen LogP contribution in [0, 0.1) is 18.3 Å². The van der Waals surface area contributed by atoms with E-state index in [1.807, 2.05) is 25.1 Å². The van der Waals surface area contributed by atoms with Crippen LogP contribution in [0.2, 0.25) is 0 Å². The van der Waals surface area contributed by atoms with Gasteiger partial charge in [-0.25, -0.2) is 9.97 Å². The van der Waals surface area contributed by atoms with E-state index in [0.29, 0.717) is 18.9 Å². The highest BCUT2D eigenvalue weighted by Crippen LogP contribution is 2.30. The van der Waals surface area contributed by atoms with Crippen LogP contribution in [0.25, 0.3) is 11.1 Å². The van der Waals surface area contributed by atoms with Crippen LogP contribution in [-0.4, -0.2) is 23.6 Å². The third-order valence-corrected chi connectivity index (χ3v) is 2.84. The number of aromatic nitrogens is 2. The minimum absolute atomic E-state index is 0.427. The molecule has 0 fully saturated rings. The number of hydrogen-bond acceptors (Lipinski definition) is 5. The Hall–Kier alpha value is -2.61. The van der Waals surface area contributed by atoms with Crippen LogP contribution in [0.3, 0.4) is 0 Å². The summed E-state index contributed by atoms with van der Waals surface area (Å²) >= 11 is 0. The van der Waals surface area contributed by atoms with Crippen LogP contribution in [0.1, 0.15) is 12.0 Å². The quantitative estimate of drug-likeness (QED) is 0.844. The molecule has 0 aliphatic heterocycles. The average Bonchev–Trinajstić information content (AvgIpc) is 2.48. The van der Waals surface area contributed by atoms with Crippen molar-refractivity contribution in [3.8, 4) is 22.9 Å². The van der Waals surface area contributed by atoms with Crippen LogP contribution in [0.15, 0.2) is 30.6 Å². The first-order valence-corrected chi connectivity index (χ1v) is 6.32. The number of methoxy groups -OCH3 is 1. The van der Waals surface area contributed by atoms with Crippen molar-refractivity contribution in [1.29, 1.82) is 5.26 Å². The topological polar surface area (TPSA) is 70.8 Å². The Morgan fingerprint density at radius 3 is 2.70 bits per heavy atom. The second kappa shape index (κ2) is 6.53. The Morgan fingerprint density at radius 1 is 1.30 bits per heavy atom. The van der Waals surface area contributed by atoms with E-state index in [1.165, 1.54) is 0 Å². The molecule has 102 valence electrons. The number of nitriles is 1. The van der Waals surface area contributed by atoms with Crippen molar-refractivity contribution in [3.05, 3.63) is 36.2 Å². The highest BCUT2D eigenvalue weighted by molar-refractivity contribution is 5.70. The minimum atomic E-state index is 0.427. The largest absolute Gasteiger partial charge is 0.496 e. The zero-order valence-corrected chi connectivity index (χ0v) is 11.6. The van der Waals surface area contributed by atoms with Crippen molar-refractivity contribution < 1.29 is 4.74 Å². The van der Waals surface area contributed by atoms with Crippen LogP contribution in [0.4, 0.5) is 5.95 Å². The molecule has 0 saturated heterocycles. The van der Waals surface area contributed by atoms with Gasteiger partial charge in [0.2, 0.25) is 5.95 Å². The molecule has 2 rings (SSSR count). The number of hydrogen-bond donors (Lipinski definition) is 1. The summed E-state index contributed by atoms with van der Waals surface area (Å²) in [6, 6.07) is 8.04. The van der Waals surface area contributed by atoms with Crippen LogP contribution in [-0.2, 0) is 0 Å². The molecule has 0 atom stereocenters. The molecule has 20 heavy (non-hydrogen) atoms. The second-order valence-electron chi connectivity index (χ2n) is 4.33. The van der Waals surface area contributed by atoms with Crippen molar-refractivity contribution in [2.24, 2.45) is 0 Å². The zero-order valence-electron chi connectivity index (χ0n) is 11.6. The lowest BCUT2D eigenvalue weighted by atomic mass is 10.1. The van der Waals surface area contributed by atoms with Crippen molar-refractivity contribution in [2.45, 2.75) is 13.3 Å². The molecule has 1 aromatic heterocycles. The Bertz CT molecular complexity index is 617. The van der Waals surface area contributed by atoms with Gasteiger partial charge in [-0.2, -0.15) is 5.26 Å². The molecule has 0 spiro atoms. The lowest BCUT2D eigenvalue weighted by molar-refractivity contribution is 0.416. The van der Waals surface area contributed by atoms with E-state index >= 15 is 0 Å². The van der Waals surface area contributed by atoms with Crippen LogP contribution in [0.5, 0.6) is 5.75 Å². The number of nitrogens with zero attached hydrogens (tertiary/aromatic N) is 3. The first kappa shape index (κ1) is 13.8. The van der Waals surface area contributed by atoms with Gasteiger partial charge in [0.1, 0.15) is 5.75 Å². The summed E-state index contributed by atoms with van der Waals surface area (Å²) in [5.74, 6) is 1.32. The average molecular weight is 268 g/mol. The fourth-order valence-electron chi connectivity index (χ4n) is 1.84. The summed E-state index contributed by atoms with van der Waals surface area (Å²) in [6.07, 6.45) is 3.93. The van der Waals surface area contributed by atoms with Crippen molar-refractivity contribution in [3.63, 3.8) is 0 Å². The van der Waals surface area contributed by atoms with Gasteiger partial charge in [-0.05, 0) is 19.1 Å². The van der Waals surface area contributed by atoms with Gasteiger partial charge in [-0.15, -0.1) is 0 Å². The summed E-state index contributed by atoms with van der Waals surface area (Å²) in [6.45, 7) is 2.57. The molecular formula is C15H16N4O. The minimum Gasteiger partial charge on any atom is -0.496 e. The van der Waals surface area contributed by atoms with E-state index in [1.54, 1.807) is 19.5 Å². The molecule has 0 aliphatic carbocycles. The lowest BCUT2D eigenvalue weighted by Gasteiger charge is -2.09. The van der Waals surface area contributed by atoms with Gasteiger partial charge < -0.3 is 10.1 Å². The number of anilines is 1. The number of benzene rings is 1. The van der Waals surface area contributed by atoms with Gasteiger partial charge >= 0.3 is 0 Å². The van der Waals surface area contributed by atoms with E-state index in [-0.39, 0.29) is 0 Å². The van der Waals surface area contributed by atoms with E-state index in [2.05, 4.69) is 21.4 Å². The SMILES string of the molecule is COc1ccc(C)cc1-c1cnc(NCCC#N)nc1. The van der Waals surface area contributed by atoms with Gasteiger partial charge in [0.15, 0.2) is 0 Å². The molecule has 0 amide bonds. The molecule has 0 saturated carbocycles. The Balaban J connectivity index is 2.22. The maximum atomic E-state index is 8.48. The molecule has 0 unspecified atom stereocenters. The first-order valence-electron chi connectivity index (χ1n) is 6.32. The van der Waals surface area contributed by atoms with Crippen molar-refractivity contribution >= 4 is 5.95 Å². The zero-order chi connectivity index (χ0) is 14.4. The molecule has 0 bridgehead atoms. The summed E-state index contributed by atoms with van der Waals surface area (Å²) in [7, 11) is 1.65. The smallest absolute Gasteiger partial charge is 0.222 e. The summed E-state index contributed by atoms with van der Waals surface area (Å²) in [5, 5.41) is 11.5. The Morgan fingerprint density at radius 2 is 2.05 bits per heavy atom. The monoisotopic (exact) mass is 268 g/mol. The third-order valence-electron chi connectivity index (χ3n) is 2.84. The van der Waals surface area contributed by atoms with Crippen LogP contribution < -0.4 is 10.1 Å². The maximum Gasteiger partial charge on any atom is 0.222 e. The third kappa shape index (κ3) is 3.23. The van der Waals surface area contributed by atoms with Gasteiger partial charge in [-0.1, -0.05) is 11.6 Å². The molecule has 0 aliphatic rings. The molecule has 0 radical (unpaired) electrons. The number of aryl methyl sites for hydroxylation is 1. The second-order valence-corrected chi connectivity index (χ2v) is 4.33. The fraction of sp³-hybridized carbons (Fsp3) is 0.267. The molecule has 1 aromatic carbocycles. The molecule has 1 N–H and O–H groups in total. The highest BCUT2D eigenvalue weighted by atomic mass is 16.5. The van der Waals surface area contributed by atoms with Gasteiger partial charge in [-0.3, -0.25) is 0 Å². The predicted octanol–water partition coefficient (Wildman–Crippen LogP) is 2.79. The van der Waals surface area contributed by atoms with E-state index < -0.39 is 0 Å². The van der Waals surface area contributed by atoms with Crippen LogP contribution >= 0.6 is 0 Å². The van der Waals surface area contributed by atoms with Crippen molar-refractivity contribution in [2.75, 3.05) is 19.0 Å². The van der Waals surface area contributed by atoms with Crippen molar-refractivity contribution in [1.82, 2.24) is 9.97 Å². The lowest BCUT2D eigenvalue weighted by Crippen LogP contribution is -2.04.